The zero-order valence-electron chi connectivity index (χ0n) is 11.6. The Morgan fingerprint density at radius 3 is 2.47 bits per heavy atom. The van der Waals surface area contributed by atoms with Gasteiger partial charge in [-0.2, -0.15) is 0 Å². The Labute approximate surface area is 114 Å². The number of hydrogen-bond donors (Lipinski definition) is 2. The number of nitrogens with two attached hydrogens (primary N) is 1. The summed E-state index contributed by atoms with van der Waals surface area (Å²) in [4.78, 5) is 0. The number of hydrogen-bond acceptors (Lipinski definition) is 3. The number of benzene rings is 1. The molecule has 0 spiro atoms. The molecule has 0 aromatic heterocycles. The summed E-state index contributed by atoms with van der Waals surface area (Å²) < 4.78 is 5.82. The van der Waals surface area contributed by atoms with E-state index in [0.717, 1.165) is 18.6 Å². The fourth-order valence-corrected chi connectivity index (χ4v) is 2.15. The van der Waals surface area contributed by atoms with Crippen LogP contribution in [-0.2, 0) is 0 Å². The largest absolute Gasteiger partial charge is 0.493 e. The molecule has 2 rings (SSSR count). The van der Waals surface area contributed by atoms with Crippen LogP contribution in [0, 0.1) is 5.41 Å². The minimum Gasteiger partial charge on any atom is -0.493 e. The van der Waals surface area contributed by atoms with Crippen LogP contribution < -0.4 is 10.5 Å². The van der Waals surface area contributed by atoms with Gasteiger partial charge < -0.3 is 15.7 Å². The van der Waals surface area contributed by atoms with Gasteiger partial charge in [-0.25, -0.2) is 0 Å². The van der Waals surface area contributed by atoms with E-state index in [4.69, 9.17) is 15.7 Å². The van der Waals surface area contributed by atoms with E-state index in [2.05, 4.69) is 31.1 Å². The van der Waals surface area contributed by atoms with E-state index >= 15 is 0 Å². The van der Waals surface area contributed by atoms with Gasteiger partial charge in [0.1, 0.15) is 11.6 Å². The SMILES string of the molecule is CC(C)c1ccc(OCC2(CC(N)=NO)CC2)cc1. The molecule has 0 amide bonds. The maximum Gasteiger partial charge on any atom is 0.139 e. The van der Waals surface area contributed by atoms with Crippen LogP contribution >= 0.6 is 0 Å². The van der Waals surface area contributed by atoms with E-state index in [-0.39, 0.29) is 11.3 Å². The molecule has 0 atom stereocenters. The van der Waals surface area contributed by atoms with Crippen LogP contribution in [0.5, 0.6) is 5.75 Å². The molecule has 0 bridgehead atoms. The van der Waals surface area contributed by atoms with Crippen LogP contribution in [-0.4, -0.2) is 17.6 Å². The lowest BCUT2D eigenvalue weighted by molar-refractivity contribution is 0.236. The van der Waals surface area contributed by atoms with Crippen molar-refractivity contribution in [3.8, 4) is 5.75 Å². The second kappa shape index (κ2) is 5.51. The van der Waals surface area contributed by atoms with Crippen molar-refractivity contribution in [2.75, 3.05) is 6.61 Å². The molecule has 1 aliphatic rings. The van der Waals surface area contributed by atoms with Crippen molar-refractivity contribution in [2.24, 2.45) is 16.3 Å². The zero-order chi connectivity index (χ0) is 13.9. The topological polar surface area (TPSA) is 67.8 Å². The van der Waals surface area contributed by atoms with Crippen LogP contribution in [0.4, 0.5) is 0 Å². The van der Waals surface area contributed by atoms with E-state index < -0.39 is 0 Å². The smallest absolute Gasteiger partial charge is 0.139 e. The van der Waals surface area contributed by atoms with Gasteiger partial charge in [0, 0.05) is 11.8 Å². The summed E-state index contributed by atoms with van der Waals surface area (Å²) in [7, 11) is 0. The highest BCUT2D eigenvalue weighted by Crippen LogP contribution is 2.49. The third-order valence-electron chi connectivity index (χ3n) is 3.73. The maximum atomic E-state index is 8.62. The molecular weight excluding hydrogens is 240 g/mol. The van der Waals surface area contributed by atoms with Crippen molar-refractivity contribution < 1.29 is 9.94 Å². The van der Waals surface area contributed by atoms with Crippen molar-refractivity contribution in [1.29, 1.82) is 0 Å². The Kier molecular flexibility index (Phi) is 3.98. The molecular formula is C15H22N2O2. The first-order valence-corrected chi connectivity index (χ1v) is 6.74. The standard InChI is InChI=1S/C15H22N2O2/c1-11(2)12-3-5-13(6-4-12)19-10-15(7-8-15)9-14(16)17-18/h3-6,11,18H,7-10H2,1-2H3,(H2,16,17). The summed E-state index contributed by atoms with van der Waals surface area (Å²) in [6.45, 7) is 4.97. The van der Waals surface area contributed by atoms with E-state index in [9.17, 15) is 0 Å². The van der Waals surface area contributed by atoms with Crippen molar-refractivity contribution in [1.82, 2.24) is 0 Å². The normalized spacial score (nSPS) is 17.5. The molecule has 1 fully saturated rings. The second-order valence-corrected chi connectivity index (χ2v) is 5.78. The number of nitrogens with zero attached hydrogens (tertiary/aromatic N) is 1. The molecule has 0 heterocycles. The van der Waals surface area contributed by atoms with Crippen molar-refractivity contribution in [3.05, 3.63) is 29.8 Å². The van der Waals surface area contributed by atoms with E-state index in [1.807, 2.05) is 12.1 Å². The Morgan fingerprint density at radius 2 is 2.00 bits per heavy atom. The minimum absolute atomic E-state index is 0.0764. The summed E-state index contributed by atoms with van der Waals surface area (Å²) in [6.07, 6.45) is 2.76. The number of rotatable bonds is 6. The highest BCUT2D eigenvalue weighted by molar-refractivity contribution is 5.80. The lowest BCUT2D eigenvalue weighted by Gasteiger charge is -2.16. The van der Waals surface area contributed by atoms with Crippen molar-refractivity contribution in [3.63, 3.8) is 0 Å². The number of oxime groups is 1. The molecule has 0 radical (unpaired) electrons. The van der Waals surface area contributed by atoms with Gasteiger partial charge in [0.05, 0.1) is 6.61 Å². The zero-order valence-corrected chi connectivity index (χ0v) is 11.6. The Morgan fingerprint density at radius 1 is 1.37 bits per heavy atom. The van der Waals surface area contributed by atoms with Crippen molar-refractivity contribution in [2.45, 2.75) is 39.0 Å². The molecule has 1 aromatic carbocycles. The summed E-state index contributed by atoms with van der Waals surface area (Å²) in [6, 6.07) is 8.22. The summed E-state index contributed by atoms with van der Waals surface area (Å²) in [5.74, 6) is 1.70. The van der Waals surface area contributed by atoms with E-state index in [0.29, 0.717) is 18.9 Å². The molecule has 3 N–H and O–H groups in total. The van der Waals surface area contributed by atoms with Gasteiger partial charge >= 0.3 is 0 Å². The molecule has 1 saturated carbocycles. The van der Waals surface area contributed by atoms with E-state index in [1.165, 1.54) is 5.56 Å². The highest BCUT2D eigenvalue weighted by Gasteiger charge is 2.44. The molecule has 0 saturated heterocycles. The number of ether oxygens (including phenoxy) is 1. The molecule has 1 aliphatic carbocycles. The van der Waals surface area contributed by atoms with Crippen LogP contribution in [0.1, 0.15) is 44.6 Å². The van der Waals surface area contributed by atoms with Gasteiger partial charge in [0.15, 0.2) is 0 Å². The average molecular weight is 262 g/mol. The predicted molar refractivity (Wildman–Crippen MR) is 75.7 cm³/mol. The monoisotopic (exact) mass is 262 g/mol. The van der Waals surface area contributed by atoms with Gasteiger partial charge in [-0.1, -0.05) is 31.1 Å². The highest BCUT2D eigenvalue weighted by atomic mass is 16.5. The lowest BCUT2D eigenvalue weighted by atomic mass is 10.0. The fraction of sp³-hybridized carbons (Fsp3) is 0.533. The van der Waals surface area contributed by atoms with Crippen LogP contribution in [0.25, 0.3) is 0 Å². The summed E-state index contributed by atoms with van der Waals surface area (Å²) in [5, 5.41) is 11.7. The maximum absolute atomic E-state index is 8.62. The summed E-state index contributed by atoms with van der Waals surface area (Å²) in [5.41, 5.74) is 6.95. The number of amidine groups is 1. The second-order valence-electron chi connectivity index (χ2n) is 5.78. The van der Waals surface area contributed by atoms with Gasteiger partial charge in [-0.3, -0.25) is 0 Å². The molecule has 4 heteroatoms. The van der Waals surface area contributed by atoms with Crippen LogP contribution in [0.15, 0.2) is 29.4 Å². The van der Waals surface area contributed by atoms with Crippen molar-refractivity contribution >= 4 is 5.84 Å². The van der Waals surface area contributed by atoms with E-state index in [1.54, 1.807) is 0 Å². The third-order valence-corrected chi connectivity index (χ3v) is 3.73. The van der Waals surface area contributed by atoms with Crippen LogP contribution in [0.2, 0.25) is 0 Å². The summed E-state index contributed by atoms with van der Waals surface area (Å²) >= 11 is 0. The lowest BCUT2D eigenvalue weighted by Crippen LogP contribution is -2.22. The van der Waals surface area contributed by atoms with Gasteiger partial charge in [-0.05, 0) is 36.5 Å². The minimum atomic E-state index is 0.0764. The Bertz CT molecular complexity index is 448. The van der Waals surface area contributed by atoms with Gasteiger partial charge in [0.25, 0.3) is 0 Å². The Hall–Kier alpha value is -1.71. The molecule has 19 heavy (non-hydrogen) atoms. The molecule has 4 nitrogen and oxygen atoms in total. The third kappa shape index (κ3) is 3.63. The van der Waals surface area contributed by atoms with Gasteiger partial charge in [0.2, 0.25) is 0 Å². The van der Waals surface area contributed by atoms with Crippen LogP contribution in [0.3, 0.4) is 0 Å². The molecule has 0 aliphatic heterocycles. The molecule has 104 valence electrons. The average Bonchev–Trinajstić information content (AvgIpc) is 3.17. The Balaban J connectivity index is 1.88. The first kappa shape index (κ1) is 13.7. The molecule has 0 unspecified atom stereocenters. The first-order valence-electron chi connectivity index (χ1n) is 6.74. The first-order chi connectivity index (χ1) is 9.04. The fourth-order valence-electron chi connectivity index (χ4n) is 2.15. The predicted octanol–water partition coefficient (Wildman–Crippen LogP) is 3.11. The van der Waals surface area contributed by atoms with Gasteiger partial charge in [-0.15, -0.1) is 0 Å². The quantitative estimate of drug-likeness (QED) is 0.358. The molecule has 1 aromatic rings.